The Bertz CT molecular complexity index is 1080. The minimum Gasteiger partial charge on any atom is -0.474 e. The highest BCUT2D eigenvalue weighted by atomic mass is 35.5. The minimum atomic E-state index is 0.0860. The van der Waals surface area contributed by atoms with Crippen LogP contribution in [0.1, 0.15) is 12.8 Å². The molecule has 6 nitrogen and oxygen atoms in total. The number of halogens is 2. The lowest BCUT2D eigenvalue weighted by Crippen LogP contribution is -2.37. The first-order valence-corrected chi connectivity index (χ1v) is 10.4. The Kier molecular flexibility index (Phi) is 6.06. The molecular formula is C22H21Cl2N5O. The van der Waals surface area contributed by atoms with Gasteiger partial charge in [-0.2, -0.15) is 0 Å². The second kappa shape index (κ2) is 8.90. The Balaban J connectivity index is 1.55. The first kappa shape index (κ1) is 20.4. The number of pyridine rings is 1. The highest BCUT2D eigenvalue weighted by Crippen LogP contribution is 2.34. The molecule has 0 bridgehead atoms. The molecule has 30 heavy (non-hydrogen) atoms. The van der Waals surface area contributed by atoms with Crippen LogP contribution in [0.4, 0.5) is 11.5 Å². The van der Waals surface area contributed by atoms with Crippen LogP contribution in [-0.4, -0.2) is 39.0 Å². The van der Waals surface area contributed by atoms with E-state index < -0.39 is 0 Å². The molecule has 0 unspecified atom stereocenters. The molecule has 8 heteroatoms. The van der Waals surface area contributed by atoms with E-state index in [1.165, 1.54) is 6.33 Å². The number of likely N-dealkylation sites (tertiary alicyclic amines) is 1. The van der Waals surface area contributed by atoms with Gasteiger partial charge in [-0.1, -0.05) is 42.4 Å². The van der Waals surface area contributed by atoms with Gasteiger partial charge in [-0.25, -0.2) is 15.0 Å². The molecule has 0 amide bonds. The van der Waals surface area contributed by atoms with E-state index in [1.807, 2.05) is 6.07 Å². The van der Waals surface area contributed by atoms with Crippen LogP contribution in [0.15, 0.2) is 61.7 Å². The minimum absolute atomic E-state index is 0.0860. The molecule has 0 saturated carbocycles. The first-order chi connectivity index (χ1) is 14.5. The maximum atomic E-state index is 6.29. The molecule has 154 valence electrons. The van der Waals surface area contributed by atoms with Crippen molar-refractivity contribution in [3.8, 4) is 5.88 Å². The van der Waals surface area contributed by atoms with Crippen LogP contribution >= 0.6 is 23.2 Å². The zero-order valence-electron chi connectivity index (χ0n) is 16.3. The van der Waals surface area contributed by atoms with Crippen LogP contribution in [0.5, 0.6) is 5.88 Å². The number of aromatic nitrogens is 3. The summed E-state index contributed by atoms with van der Waals surface area (Å²) < 4.78 is 6.15. The van der Waals surface area contributed by atoms with Crippen LogP contribution in [-0.2, 0) is 0 Å². The topological polar surface area (TPSA) is 63.2 Å². The van der Waals surface area contributed by atoms with Gasteiger partial charge < -0.3 is 15.0 Å². The Hall–Kier alpha value is -2.83. The van der Waals surface area contributed by atoms with Crippen molar-refractivity contribution in [1.29, 1.82) is 0 Å². The number of nitrogens with one attached hydrogen (secondary N) is 1. The van der Waals surface area contributed by atoms with Crippen molar-refractivity contribution in [2.24, 2.45) is 0 Å². The average molecular weight is 442 g/mol. The zero-order chi connectivity index (χ0) is 21.1. The molecule has 2 aromatic heterocycles. The lowest BCUT2D eigenvalue weighted by molar-refractivity contribution is 0.115. The molecule has 3 heterocycles. The number of ether oxygens (including phenoxy) is 1. The van der Waals surface area contributed by atoms with Gasteiger partial charge >= 0.3 is 0 Å². The molecule has 1 aromatic carbocycles. The largest absolute Gasteiger partial charge is 0.474 e. The SMILES string of the molecule is C=CC(=C)N1CCC(Oc2cc3c(Nc4c(Cl)cccc4Cl)ncnc3cn2)CC1. The van der Waals surface area contributed by atoms with Crippen molar-refractivity contribution in [3.63, 3.8) is 0 Å². The predicted octanol–water partition coefficient (Wildman–Crippen LogP) is 5.62. The van der Waals surface area contributed by atoms with Gasteiger partial charge in [0.25, 0.3) is 0 Å². The Morgan fingerprint density at radius 3 is 2.60 bits per heavy atom. The molecule has 0 atom stereocenters. The van der Waals surface area contributed by atoms with Crippen LogP contribution in [0.2, 0.25) is 10.0 Å². The highest BCUT2D eigenvalue weighted by molar-refractivity contribution is 6.39. The summed E-state index contributed by atoms with van der Waals surface area (Å²) in [5.74, 6) is 1.12. The normalized spacial score (nSPS) is 14.5. The number of anilines is 2. The Morgan fingerprint density at radius 2 is 1.90 bits per heavy atom. The van der Waals surface area contributed by atoms with Gasteiger partial charge in [0, 0.05) is 43.1 Å². The summed E-state index contributed by atoms with van der Waals surface area (Å²) in [7, 11) is 0. The molecule has 1 fully saturated rings. The van der Waals surface area contributed by atoms with Crippen molar-refractivity contribution in [3.05, 3.63) is 71.8 Å². The summed E-state index contributed by atoms with van der Waals surface area (Å²) in [6, 6.07) is 7.17. The number of allylic oxidation sites excluding steroid dienone is 1. The van der Waals surface area contributed by atoms with Crippen molar-refractivity contribution in [2.45, 2.75) is 18.9 Å². The molecule has 1 N–H and O–H groups in total. The molecule has 4 rings (SSSR count). The molecule has 3 aromatic rings. The quantitative estimate of drug-likeness (QED) is 0.500. The van der Waals surface area contributed by atoms with Gasteiger partial charge in [0.15, 0.2) is 0 Å². The molecule has 1 aliphatic rings. The van der Waals surface area contributed by atoms with Gasteiger partial charge in [0.1, 0.15) is 18.2 Å². The summed E-state index contributed by atoms with van der Waals surface area (Å²) in [5.41, 5.74) is 2.23. The van der Waals surface area contributed by atoms with E-state index in [4.69, 9.17) is 27.9 Å². The fourth-order valence-electron chi connectivity index (χ4n) is 3.40. The fraction of sp³-hybridized carbons (Fsp3) is 0.227. The maximum Gasteiger partial charge on any atom is 0.214 e. The second-order valence-corrected chi connectivity index (χ2v) is 7.80. The number of hydrogen-bond acceptors (Lipinski definition) is 6. The standard InChI is InChI=1S/C22H21Cl2N5O/c1-3-14(2)29-9-7-15(8-10-29)30-20-11-16-19(12-25-20)26-13-27-22(16)28-21-17(23)5-4-6-18(21)24/h3-6,11-13,15H,1-2,7-10H2,(H,26,27,28). The van der Waals surface area contributed by atoms with Crippen molar-refractivity contribution >= 4 is 45.6 Å². The van der Waals surface area contributed by atoms with Gasteiger partial charge in [0.2, 0.25) is 5.88 Å². The number of nitrogens with zero attached hydrogens (tertiary/aromatic N) is 4. The summed E-state index contributed by atoms with van der Waals surface area (Å²) in [6.07, 6.45) is 6.80. The van der Waals surface area contributed by atoms with Crippen LogP contribution in [0.3, 0.4) is 0 Å². The van der Waals surface area contributed by atoms with E-state index in [0.29, 0.717) is 32.9 Å². The van der Waals surface area contributed by atoms with Gasteiger partial charge in [-0.3, -0.25) is 0 Å². The first-order valence-electron chi connectivity index (χ1n) is 9.60. The predicted molar refractivity (Wildman–Crippen MR) is 122 cm³/mol. The van der Waals surface area contributed by atoms with E-state index in [-0.39, 0.29) is 6.10 Å². The smallest absolute Gasteiger partial charge is 0.214 e. The van der Waals surface area contributed by atoms with Crippen LogP contribution in [0, 0.1) is 0 Å². The summed E-state index contributed by atoms with van der Waals surface area (Å²) in [6.45, 7) is 9.55. The van der Waals surface area contributed by atoms with Gasteiger partial charge in [-0.15, -0.1) is 0 Å². The van der Waals surface area contributed by atoms with Crippen molar-refractivity contribution in [2.75, 3.05) is 18.4 Å². The number of hydrogen-bond donors (Lipinski definition) is 1. The van der Waals surface area contributed by atoms with Gasteiger partial charge in [-0.05, 0) is 18.2 Å². The van der Waals surface area contributed by atoms with E-state index in [2.05, 4.69) is 38.3 Å². The van der Waals surface area contributed by atoms with Crippen molar-refractivity contribution < 1.29 is 4.74 Å². The number of piperidine rings is 1. The van der Waals surface area contributed by atoms with Crippen LogP contribution in [0.25, 0.3) is 10.9 Å². The lowest BCUT2D eigenvalue weighted by atomic mass is 10.1. The molecule has 1 aliphatic heterocycles. The molecular weight excluding hydrogens is 421 g/mol. The fourth-order valence-corrected chi connectivity index (χ4v) is 3.89. The third-order valence-electron chi connectivity index (χ3n) is 5.07. The molecule has 0 radical (unpaired) electrons. The summed E-state index contributed by atoms with van der Waals surface area (Å²) >= 11 is 12.6. The number of rotatable bonds is 6. The lowest BCUT2D eigenvalue weighted by Gasteiger charge is -2.33. The third-order valence-corrected chi connectivity index (χ3v) is 5.70. The third kappa shape index (κ3) is 4.35. The number of benzene rings is 1. The molecule has 1 saturated heterocycles. The number of para-hydroxylation sites is 1. The van der Waals surface area contributed by atoms with E-state index >= 15 is 0 Å². The highest BCUT2D eigenvalue weighted by Gasteiger charge is 2.21. The monoisotopic (exact) mass is 441 g/mol. The summed E-state index contributed by atoms with van der Waals surface area (Å²) in [5, 5.41) is 5.00. The zero-order valence-corrected chi connectivity index (χ0v) is 17.8. The van der Waals surface area contributed by atoms with Crippen molar-refractivity contribution in [1.82, 2.24) is 19.9 Å². The average Bonchev–Trinajstić information content (AvgIpc) is 2.76. The van der Waals surface area contributed by atoms with E-state index in [1.54, 1.807) is 30.5 Å². The molecule has 0 aliphatic carbocycles. The maximum absolute atomic E-state index is 6.29. The van der Waals surface area contributed by atoms with E-state index in [9.17, 15) is 0 Å². The van der Waals surface area contributed by atoms with Crippen LogP contribution < -0.4 is 10.1 Å². The number of fused-ring (bicyclic) bond motifs is 1. The second-order valence-electron chi connectivity index (χ2n) is 6.98. The Morgan fingerprint density at radius 1 is 1.17 bits per heavy atom. The van der Waals surface area contributed by atoms with E-state index in [0.717, 1.165) is 37.0 Å². The Labute approximate surface area is 185 Å². The summed E-state index contributed by atoms with van der Waals surface area (Å²) in [4.78, 5) is 15.3. The van der Waals surface area contributed by atoms with Gasteiger partial charge in [0.05, 0.1) is 27.4 Å². The molecule has 0 spiro atoms.